The van der Waals surface area contributed by atoms with E-state index in [4.69, 9.17) is 0 Å². The fraction of sp³-hybridized carbons (Fsp3) is 0.304. The molecule has 1 radical (unpaired) electrons. The summed E-state index contributed by atoms with van der Waals surface area (Å²) in [5.74, 6) is 1.93. The van der Waals surface area contributed by atoms with Crippen molar-refractivity contribution in [3.63, 3.8) is 0 Å². The van der Waals surface area contributed by atoms with E-state index in [0.717, 1.165) is 17.1 Å². The van der Waals surface area contributed by atoms with E-state index >= 15 is 0 Å². The third-order valence-electron chi connectivity index (χ3n) is 5.60. The molecule has 0 fully saturated rings. The van der Waals surface area contributed by atoms with Gasteiger partial charge in [-0.25, -0.2) is 4.98 Å². The van der Waals surface area contributed by atoms with Gasteiger partial charge in [0.15, 0.2) is 0 Å². The van der Waals surface area contributed by atoms with Crippen LogP contribution in [-0.2, 0) is 20.1 Å². The Labute approximate surface area is 194 Å². The van der Waals surface area contributed by atoms with Gasteiger partial charge in [0.25, 0.3) is 0 Å². The van der Waals surface area contributed by atoms with Gasteiger partial charge in [0, 0.05) is 38.2 Å². The minimum atomic E-state index is 0. The summed E-state index contributed by atoms with van der Waals surface area (Å²) in [5.41, 5.74) is 5.88. The van der Waals surface area contributed by atoms with Crippen LogP contribution in [0.5, 0.6) is 5.75 Å². The Bertz CT molecular complexity index is 976. The van der Waals surface area contributed by atoms with Crippen LogP contribution in [0.3, 0.4) is 0 Å². The second-order valence-electron chi connectivity index (χ2n) is 7.97. The van der Waals surface area contributed by atoms with Crippen LogP contribution in [0.4, 0.5) is 5.69 Å². The van der Waals surface area contributed by atoms with Crippen molar-refractivity contribution in [1.29, 1.82) is 0 Å². The number of fused-ring (bicyclic) bond motifs is 3. The van der Waals surface area contributed by atoms with E-state index in [1.165, 1.54) is 16.6 Å². The smallest absolute Gasteiger partial charge is 0.417 e. The van der Waals surface area contributed by atoms with Crippen molar-refractivity contribution in [1.82, 2.24) is 9.46 Å². The number of hydrogen-bond acceptors (Lipinski definition) is 3. The van der Waals surface area contributed by atoms with Crippen LogP contribution in [0, 0.1) is 7.43 Å². The molecule has 1 aromatic heterocycles. The Balaban J connectivity index is 0.00000150. The van der Waals surface area contributed by atoms with Gasteiger partial charge >= 0.3 is 6.98 Å². The maximum Gasteiger partial charge on any atom is 0.417 e. The summed E-state index contributed by atoms with van der Waals surface area (Å²) in [5, 5.41) is 10.5. The van der Waals surface area contributed by atoms with E-state index in [9.17, 15) is 5.11 Å². The first kappa shape index (κ1) is 26.0. The van der Waals surface area contributed by atoms with E-state index in [1.807, 2.05) is 18.5 Å². The molecule has 7 heteroatoms. The van der Waals surface area contributed by atoms with Crippen LogP contribution in [0.2, 0.25) is 0 Å². The van der Waals surface area contributed by atoms with E-state index in [-0.39, 0.29) is 46.4 Å². The Morgan fingerprint density at radius 1 is 0.967 bits per heavy atom. The quantitative estimate of drug-likeness (QED) is 0.334. The number of phenols is 1. The maximum absolute atomic E-state index is 10.5. The molecule has 4 rings (SSSR count). The van der Waals surface area contributed by atoms with Gasteiger partial charge in [0.2, 0.25) is 0 Å². The van der Waals surface area contributed by atoms with Crippen LogP contribution in [0.25, 0.3) is 17.5 Å². The standard InChI is InChI=1S/C22H26BN3O.CH3.Ir.H2N/c1-14(2)16-8-6-9-17(15(3)4)21(16)23-25(5)18-10-7-11-19(27)20(18)22-24-12-13-26(22)23;;;/h6-15,27H,1-5H3;1H3;;1H2/q;-1;;-1. The van der Waals surface area contributed by atoms with Crippen LogP contribution >= 0.6 is 0 Å². The van der Waals surface area contributed by atoms with Crippen LogP contribution in [0.1, 0.15) is 50.7 Å². The number of aromatic nitrogens is 2. The molecule has 0 bridgehead atoms. The van der Waals surface area contributed by atoms with Gasteiger partial charge in [-0.05, 0) is 47.6 Å². The first-order chi connectivity index (χ1) is 12.9. The molecule has 5 nitrogen and oxygen atoms in total. The van der Waals surface area contributed by atoms with E-state index in [1.54, 1.807) is 6.07 Å². The SMILES string of the molecule is CC(C)c1cccc(C(C)C)c1B1N(C)c2cccc(O)c2-c2nccn21.[CH3-].[Ir].[NH2-]. The van der Waals surface area contributed by atoms with E-state index in [0.29, 0.717) is 11.8 Å². The van der Waals surface area contributed by atoms with Crippen molar-refractivity contribution in [2.75, 3.05) is 11.9 Å². The summed E-state index contributed by atoms with van der Waals surface area (Å²) in [4.78, 5) is 6.86. The largest absolute Gasteiger partial charge is 0.693 e. The minimum absolute atomic E-state index is 0. The molecule has 0 amide bonds. The van der Waals surface area contributed by atoms with E-state index in [2.05, 4.69) is 73.3 Å². The number of rotatable bonds is 3. The molecular formula is C23H31BIrN4O-2. The van der Waals surface area contributed by atoms with Crippen molar-refractivity contribution >= 4 is 18.1 Å². The summed E-state index contributed by atoms with van der Waals surface area (Å²) in [6, 6.07) is 12.4. The van der Waals surface area contributed by atoms with Gasteiger partial charge in [-0.2, -0.15) is 0 Å². The van der Waals surface area contributed by atoms with Gasteiger partial charge in [-0.15, -0.1) is 0 Å². The molecule has 1 aliphatic rings. The number of imidazole rings is 1. The molecule has 0 aliphatic carbocycles. The predicted octanol–water partition coefficient (Wildman–Crippen LogP) is 5.36. The second kappa shape index (κ2) is 9.82. The Hall–Kier alpha value is -2.08. The van der Waals surface area contributed by atoms with Gasteiger partial charge in [0.1, 0.15) is 11.6 Å². The number of anilines is 1. The zero-order valence-electron chi connectivity index (χ0n) is 18.6. The molecule has 30 heavy (non-hydrogen) atoms. The fourth-order valence-electron chi connectivity index (χ4n) is 4.31. The summed E-state index contributed by atoms with van der Waals surface area (Å²) in [6.07, 6.45) is 3.85. The second-order valence-corrected chi connectivity index (χ2v) is 7.97. The number of nitrogens with zero attached hydrogens (tertiary/aromatic N) is 3. The van der Waals surface area contributed by atoms with Crippen molar-refractivity contribution < 1.29 is 25.2 Å². The van der Waals surface area contributed by atoms with Crippen molar-refractivity contribution in [3.8, 4) is 17.1 Å². The molecule has 1 aliphatic heterocycles. The molecule has 3 N–H and O–H groups in total. The predicted molar refractivity (Wildman–Crippen MR) is 125 cm³/mol. The first-order valence-corrected chi connectivity index (χ1v) is 9.62. The van der Waals surface area contributed by atoms with Gasteiger partial charge < -0.3 is 28.0 Å². The first-order valence-electron chi connectivity index (χ1n) is 9.62. The van der Waals surface area contributed by atoms with Gasteiger partial charge in [0.05, 0.1) is 5.56 Å². The molecule has 0 saturated heterocycles. The monoisotopic (exact) mass is 583 g/mol. The normalized spacial score (nSPS) is 12.0. The summed E-state index contributed by atoms with van der Waals surface area (Å²) < 4.78 is 2.19. The van der Waals surface area contributed by atoms with E-state index < -0.39 is 0 Å². The zero-order valence-corrected chi connectivity index (χ0v) is 20.9. The van der Waals surface area contributed by atoms with Crippen LogP contribution < -0.4 is 10.3 Å². The average Bonchev–Trinajstić information content (AvgIpc) is 3.10. The number of nitrogens with two attached hydrogens (primary N) is 1. The van der Waals surface area contributed by atoms with Crippen molar-refractivity contribution in [3.05, 3.63) is 73.5 Å². The molecule has 3 aromatic rings. The maximum atomic E-state index is 10.5. The van der Waals surface area contributed by atoms with Crippen LogP contribution in [-0.4, -0.2) is 28.6 Å². The van der Waals surface area contributed by atoms with Crippen molar-refractivity contribution in [2.45, 2.75) is 39.5 Å². The Kier molecular flexibility index (Phi) is 8.50. The molecule has 0 unspecified atom stereocenters. The van der Waals surface area contributed by atoms with Gasteiger partial charge in [-0.3, -0.25) is 0 Å². The zero-order chi connectivity index (χ0) is 19.3. The molecule has 0 atom stereocenters. The molecule has 0 spiro atoms. The number of aromatic hydroxyl groups is 1. The molecule has 2 heterocycles. The Morgan fingerprint density at radius 3 is 2.10 bits per heavy atom. The summed E-state index contributed by atoms with van der Waals surface area (Å²) in [7, 11) is 2.10. The third kappa shape index (κ3) is 3.94. The summed E-state index contributed by atoms with van der Waals surface area (Å²) in [6.45, 7) is 9.01. The number of hydrogen-bond donors (Lipinski definition) is 1. The third-order valence-corrected chi connectivity index (χ3v) is 5.60. The topological polar surface area (TPSA) is 74.8 Å². The van der Waals surface area contributed by atoms with Crippen molar-refractivity contribution in [2.24, 2.45) is 0 Å². The minimum Gasteiger partial charge on any atom is -0.693 e. The fourth-order valence-corrected chi connectivity index (χ4v) is 4.31. The average molecular weight is 583 g/mol. The molecular weight excluding hydrogens is 551 g/mol. The summed E-state index contributed by atoms with van der Waals surface area (Å²) >= 11 is 0. The molecule has 163 valence electrons. The molecule has 0 saturated carbocycles. The number of phenolic OH excluding ortho intramolecular Hbond substituents is 1. The van der Waals surface area contributed by atoms with Gasteiger partial charge in [-0.1, -0.05) is 52.0 Å². The molecule has 2 aromatic carbocycles. The van der Waals surface area contributed by atoms with Crippen LogP contribution in [0.15, 0.2) is 48.8 Å². The number of benzene rings is 2. The Morgan fingerprint density at radius 2 is 1.53 bits per heavy atom.